The minimum atomic E-state index is -0.923. The van der Waals surface area contributed by atoms with E-state index in [9.17, 15) is 19.2 Å². The summed E-state index contributed by atoms with van der Waals surface area (Å²) in [6.07, 6.45) is 1.21. The molecule has 0 bridgehead atoms. The molecule has 3 atom stereocenters. The van der Waals surface area contributed by atoms with Gasteiger partial charge in [0.1, 0.15) is 29.9 Å². The van der Waals surface area contributed by atoms with Crippen LogP contribution in [0.2, 0.25) is 0 Å². The monoisotopic (exact) mass is 525 g/mol. The first-order valence-electron chi connectivity index (χ1n) is 10.5. The van der Waals surface area contributed by atoms with Gasteiger partial charge in [0.15, 0.2) is 10.8 Å². The number of nitrogen functional groups attached to an aromatic ring is 1. The molecule has 1 aromatic heterocycles. The quantitative estimate of drug-likeness (QED) is 0.153. The van der Waals surface area contributed by atoms with Crippen molar-refractivity contribution in [1.82, 2.24) is 15.2 Å². The van der Waals surface area contributed by atoms with Crippen molar-refractivity contribution in [3.8, 4) is 0 Å². The summed E-state index contributed by atoms with van der Waals surface area (Å²) in [5.41, 5.74) is 6.41. The van der Waals surface area contributed by atoms with Crippen LogP contribution in [0.15, 0.2) is 21.8 Å². The number of oxime groups is 1. The van der Waals surface area contributed by atoms with Gasteiger partial charge in [-0.25, -0.2) is 9.78 Å². The van der Waals surface area contributed by atoms with Crippen LogP contribution in [0.3, 0.4) is 0 Å². The third kappa shape index (κ3) is 5.11. The fourth-order valence-electron chi connectivity index (χ4n) is 3.87. The molecule has 3 aliphatic heterocycles. The van der Waals surface area contributed by atoms with Crippen molar-refractivity contribution in [1.29, 1.82) is 0 Å². The Morgan fingerprint density at radius 2 is 2.17 bits per heavy atom. The van der Waals surface area contributed by atoms with E-state index >= 15 is 0 Å². The van der Waals surface area contributed by atoms with Crippen LogP contribution in [-0.4, -0.2) is 83.1 Å². The zero-order valence-corrected chi connectivity index (χ0v) is 20.5. The second-order valence-electron chi connectivity index (χ2n) is 7.62. The summed E-state index contributed by atoms with van der Waals surface area (Å²) in [5.74, 6) is -2.20. The molecule has 13 nitrogen and oxygen atoms in total. The molecule has 0 aliphatic carbocycles. The lowest BCUT2D eigenvalue weighted by Gasteiger charge is -2.50. The summed E-state index contributed by atoms with van der Waals surface area (Å²) in [6, 6.07) is -0.923. The van der Waals surface area contributed by atoms with Crippen LogP contribution < -0.4 is 11.1 Å². The van der Waals surface area contributed by atoms with Crippen LogP contribution in [0.5, 0.6) is 0 Å². The SMILES string of the molecule is CO/N=C(\C(=O)N[C@@H]1C(=O)N2C(C(=O)OCOC(C)=O)=C([C@@H]3CCCO3)CS[C@H]12)c1csc(N)n1. The van der Waals surface area contributed by atoms with E-state index in [2.05, 4.69) is 15.5 Å². The highest BCUT2D eigenvalue weighted by molar-refractivity contribution is 8.00. The third-order valence-corrected chi connectivity index (χ3v) is 7.39. The Bertz CT molecular complexity index is 1100. The number of fused-ring (bicyclic) bond motifs is 1. The van der Waals surface area contributed by atoms with E-state index in [0.29, 0.717) is 24.4 Å². The van der Waals surface area contributed by atoms with Crippen LogP contribution in [0.4, 0.5) is 5.13 Å². The van der Waals surface area contributed by atoms with Gasteiger partial charge in [-0.05, 0) is 18.4 Å². The van der Waals surface area contributed by atoms with Gasteiger partial charge >= 0.3 is 11.9 Å². The molecule has 3 N–H and O–H groups in total. The number of nitrogens with zero attached hydrogens (tertiary/aromatic N) is 3. The van der Waals surface area contributed by atoms with E-state index in [0.717, 1.165) is 17.8 Å². The molecule has 2 amide bonds. The minimum Gasteiger partial charge on any atom is -0.428 e. The maximum Gasteiger partial charge on any atom is 0.358 e. The average molecular weight is 526 g/mol. The molecule has 4 rings (SSSR count). The van der Waals surface area contributed by atoms with Gasteiger partial charge in [-0.15, -0.1) is 23.1 Å². The van der Waals surface area contributed by atoms with Gasteiger partial charge in [-0.2, -0.15) is 0 Å². The van der Waals surface area contributed by atoms with E-state index in [4.69, 9.17) is 24.8 Å². The van der Waals surface area contributed by atoms with Gasteiger partial charge in [0, 0.05) is 24.7 Å². The zero-order chi connectivity index (χ0) is 25.1. The summed E-state index contributed by atoms with van der Waals surface area (Å²) in [6.45, 7) is 1.16. The number of esters is 2. The van der Waals surface area contributed by atoms with Crippen LogP contribution in [-0.2, 0) is 38.2 Å². The summed E-state index contributed by atoms with van der Waals surface area (Å²) in [4.78, 5) is 60.1. The zero-order valence-electron chi connectivity index (χ0n) is 18.8. The largest absolute Gasteiger partial charge is 0.428 e. The van der Waals surface area contributed by atoms with Gasteiger partial charge in [-0.3, -0.25) is 19.3 Å². The number of hydrogen-bond donors (Lipinski definition) is 2. The standard InChI is InChI=1S/C20H23N5O8S2/c1-9(26)32-8-33-19(29)15-10(12-4-3-5-31-12)6-34-18-14(17(28)25(15)18)23-16(27)13(24-30-2)11-7-35-20(21)22-11/h7,12,14,18H,3-6,8H2,1-2H3,(H2,21,22)(H,23,27)/b24-13-/t12-,14+,18+/m0/s1. The Kier molecular flexibility index (Phi) is 7.57. The number of hydrogen-bond acceptors (Lipinski definition) is 13. The van der Waals surface area contributed by atoms with Crippen molar-refractivity contribution in [2.24, 2.45) is 5.16 Å². The minimum absolute atomic E-state index is 0.0568. The molecule has 0 aromatic carbocycles. The van der Waals surface area contributed by atoms with Crippen LogP contribution in [0.25, 0.3) is 0 Å². The molecule has 4 heterocycles. The number of carbonyl (C=O) groups excluding carboxylic acids is 4. The fraction of sp³-hybridized carbons (Fsp3) is 0.500. The Morgan fingerprint density at radius 1 is 1.37 bits per heavy atom. The molecular weight excluding hydrogens is 502 g/mol. The number of aromatic nitrogens is 1. The lowest BCUT2D eigenvalue weighted by molar-refractivity contribution is -0.166. The summed E-state index contributed by atoms with van der Waals surface area (Å²) < 4.78 is 15.5. The lowest BCUT2D eigenvalue weighted by Crippen LogP contribution is -2.71. The smallest absolute Gasteiger partial charge is 0.358 e. The summed E-state index contributed by atoms with van der Waals surface area (Å²) in [7, 11) is 1.28. The van der Waals surface area contributed by atoms with Gasteiger partial charge in [0.05, 0.1) is 6.10 Å². The predicted octanol–water partition coefficient (Wildman–Crippen LogP) is -0.0274. The van der Waals surface area contributed by atoms with Crippen LogP contribution >= 0.6 is 23.1 Å². The number of carbonyl (C=O) groups is 4. The van der Waals surface area contributed by atoms with Crippen molar-refractivity contribution < 1.29 is 38.2 Å². The Morgan fingerprint density at radius 3 is 2.80 bits per heavy atom. The molecule has 35 heavy (non-hydrogen) atoms. The first kappa shape index (κ1) is 24.9. The molecule has 0 radical (unpaired) electrons. The maximum absolute atomic E-state index is 13.1. The van der Waals surface area contributed by atoms with Crippen molar-refractivity contribution >= 4 is 57.7 Å². The Balaban J connectivity index is 1.53. The Labute approximate surface area is 208 Å². The van der Waals surface area contributed by atoms with Crippen molar-refractivity contribution in [3.05, 3.63) is 22.3 Å². The molecule has 0 saturated carbocycles. The van der Waals surface area contributed by atoms with E-state index in [1.54, 1.807) is 5.38 Å². The average Bonchev–Trinajstić information content (AvgIpc) is 3.51. The summed E-state index contributed by atoms with van der Waals surface area (Å²) >= 11 is 2.52. The van der Waals surface area contributed by atoms with E-state index < -0.39 is 42.0 Å². The number of thioether (sulfide) groups is 1. The number of β-lactam (4-membered cyclic amide) rings is 1. The molecule has 1 aromatic rings. The topological polar surface area (TPSA) is 172 Å². The van der Waals surface area contributed by atoms with Gasteiger partial charge < -0.3 is 30.1 Å². The van der Waals surface area contributed by atoms with Crippen LogP contribution in [0, 0.1) is 0 Å². The van der Waals surface area contributed by atoms with Crippen molar-refractivity contribution in [2.75, 3.05) is 32.0 Å². The maximum atomic E-state index is 13.1. The molecule has 0 unspecified atom stereocenters. The van der Waals surface area contributed by atoms with Gasteiger partial charge in [0.25, 0.3) is 11.8 Å². The first-order chi connectivity index (χ1) is 16.8. The number of thiazole rings is 1. The number of amides is 2. The van der Waals surface area contributed by atoms with Gasteiger partial charge in [-0.1, -0.05) is 5.16 Å². The number of nitrogens with two attached hydrogens (primary N) is 1. The molecule has 3 aliphatic rings. The molecule has 188 valence electrons. The number of ether oxygens (including phenoxy) is 3. The van der Waals surface area contributed by atoms with E-state index in [-0.39, 0.29) is 28.3 Å². The van der Waals surface area contributed by atoms with E-state index in [1.165, 1.54) is 30.7 Å². The molecule has 2 saturated heterocycles. The predicted molar refractivity (Wildman–Crippen MR) is 124 cm³/mol. The number of nitrogens with one attached hydrogen (secondary N) is 1. The number of anilines is 1. The van der Waals surface area contributed by atoms with E-state index in [1.807, 2.05) is 0 Å². The molecular formula is C20H23N5O8S2. The summed E-state index contributed by atoms with van der Waals surface area (Å²) in [5, 5.41) is 7.60. The Hall–Kier alpha value is -3.17. The van der Waals surface area contributed by atoms with Crippen molar-refractivity contribution in [2.45, 2.75) is 37.3 Å². The van der Waals surface area contributed by atoms with Crippen molar-refractivity contribution in [3.63, 3.8) is 0 Å². The lowest BCUT2D eigenvalue weighted by atomic mass is 9.99. The number of rotatable bonds is 8. The van der Waals surface area contributed by atoms with Gasteiger partial charge in [0.2, 0.25) is 6.79 Å². The normalized spacial score (nSPS) is 23.9. The third-order valence-electron chi connectivity index (χ3n) is 5.41. The highest BCUT2D eigenvalue weighted by atomic mass is 32.2. The second-order valence-corrected chi connectivity index (χ2v) is 9.61. The first-order valence-corrected chi connectivity index (χ1v) is 12.5. The highest BCUT2D eigenvalue weighted by Gasteiger charge is 2.55. The second kappa shape index (κ2) is 10.6. The molecule has 2 fully saturated rings. The molecule has 15 heteroatoms. The highest BCUT2D eigenvalue weighted by Crippen LogP contribution is 2.43. The van der Waals surface area contributed by atoms with Crippen LogP contribution in [0.1, 0.15) is 25.5 Å². The molecule has 0 spiro atoms. The fourth-order valence-corrected chi connectivity index (χ4v) is 5.82.